The molecule has 5 heteroatoms. The van der Waals surface area contributed by atoms with Gasteiger partial charge in [0.2, 0.25) is 5.91 Å². The first-order chi connectivity index (χ1) is 8.08. The summed E-state index contributed by atoms with van der Waals surface area (Å²) >= 11 is 0. The van der Waals surface area contributed by atoms with Crippen molar-refractivity contribution in [2.75, 3.05) is 11.9 Å². The van der Waals surface area contributed by atoms with Gasteiger partial charge in [-0.3, -0.25) is 4.79 Å². The Labute approximate surface area is 101 Å². The van der Waals surface area contributed by atoms with Crippen molar-refractivity contribution in [2.24, 2.45) is 10.7 Å². The van der Waals surface area contributed by atoms with E-state index in [9.17, 15) is 4.79 Å². The second-order valence-corrected chi connectivity index (χ2v) is 3.91. The number of hydrogen-bond donors (Lipinski definition) is 3. The standard InChI is InChI=1S/C12H18N4O/c1-9(2)15-12(13)14-8-11(17)16-10-6-4-3-5-7-10/h3-7,9H,8H2,1-2H3,(H,16,17)(H3,13,14,15). The summed E-state index contributed by atoms with van der Waals surface area (Å²) < 4.78 is 0. The van der Waals surface area contributed by atoms with Crippen molar-refractivity contribution in [3.8, 4) is 0 Å². The predicted molar refractivity (Wildman–Crippen MR) is 69.8 cm³/mol. The van der Waals surface area contributed by atoms with Gasteiger partial charge in [0, 0.05) is 11.7 Å². The Bertz CT molecular complexity index is 387. The molecular formula is C12H18N4O. The second kappa shape index (κ2) is 6.52. The Kier molecular flexibility index (Phi) is 5.00. The van der Waals surface area contributed by atoms with Gasteiger partial charge >= 0.3 is 0 Å². The maximum atomic E-state index is 11.5. The lowest BCUT2D eigenvalue weighted by molar-refractivity contribution is -0.114. The maximum absolute atomic E-state index is 11.5. The fourth-order valence-corrected chi connectivity index (χ4v) is 1.22. The predicted octanol–water partition coefficient (Wildman–Crippen LogP) is 0.938. The number of nitrogens with two attached hydrogens (primary N) is 1. The summed E-state index contributed by atoms with van der Waals surface area (Å²) in [6, 6.07) is 9.43. The molecule has 1 aromatic rings. The lowest BCUT2D eigenvalue weighted by atomic mass is 10.3. The van der Waals surface area contributed by atoms with Crippen molar-refractivity contribution in [3.63, 3.8) is 0 Å². The Balaban J connectivity index is 2.40. The SMILES string of the molecule is CC(C)NC(N)=NCC(=O)Nc1ccccc1. The molecule has 1 rings (SSSR count). The molecule has 1 amide bonds. The Morgan fingerprint density at radius 2 is 2.00 bits per heavy atom. The number of nitrogens with zero attached hydrogens (tertiary/aromatic N) is 1. The molecule has 1 aromatic carbocycles. The molecule has 0 radical (unpaired) electrons. The molecule has 0 atom stereocenters. The zero-order valence-electron chi connectivity index (χ0n) is 10.1. The van der Waals surface area contributed by atoms with E-state index in [0.717, 1.165) is 5.69 Å². The summed E-state index contributed by atoms with van der Waals surface area (Å²) in [5, 5.41) is 5.63. The molecule has 0 spiro atoms. The fourth-order valence-electron chi connectivity index (χ4n) is 1.22. The van der Waals surface area contributed by atoms with E-state index in [1.165, 1.54) is 0 Å². The highest BCUT2D eigenvalue weighted by atomic mass is 16.1. The van der Waals surface area contributed by atoms with Gasteiger partial charge in [-0.25, -0.2) is 4.99 Å². The maximum Gasteiger partial charge on any atom is 0.246 e. The van der Waals surface area contributed by atoms with Crippen LogP contribution >= 0.6 is 0 Å². The van der Waals surface area contributed by atoms with Crippen LogP contribution in [0.1, 0.15) is 13.8 Å². The van der Waals surface area contributed by atoms with Crippen molar-refractivity contribution in [1.82, 2.24) is 5.32 Å². The summed E-state index contributed by atoms with van der Waals surface area (Å²) in [4.78, 5) is 15.4. The Morgan fingerprint density at radius 3 is 2.59 bits per heavy atom. The third-order valence-electron chi connectivity index (χ3n) is 1.89. The zero-order valence-corrected chi connectivity index (χ0v) is 10.1. The molecule has 0 heterocycles. The quantitative estimate of drug-likeness (QED) is 0.536. The van der Waals surface area contributed by atoms with Crippen molar-refractivity contribution < 1.29 is 4.79 Å². The third-order valence-corrected chi connectivity index (χ3v) is 1.89. The molecule has 0 aliphatic rings. The van der Waals surface area contributed by atoms with Crippen LogP contribution in [-0.2, 0) is 4.79 Å². The Morgan fingerprint density at radius 1 is 1.35 bits per heavy atom. The highest BCUT2D eigenvalue weighted by molar-refractivity contribution is 5.93. The molecule has 5 nitrogen and oxygen atoms in total. The number of anilines is 1. The number of guanidine groups is 1. The normalized spacial score (nSPS) is 11.4. The van der Waals surface area contributed by atoms with E-state index in [-0.39, 0.29) is 24.5 Å². The number of para-hydroxylation sites is 1. The van der Waals surface area contributed by atoms with Gasteiger partial charge in [0.1, 0.15) is 6.54 Å². The molecule has 92 valence electrons. The van der Waals surface area contributed by atoms with E-state index in [2.05, 4.69) is 15.6 Å². The minimum absolute atomic E-state index is 0.0143. The monoisotopic (exact) mass is 234 g/mol. The van der Waals surface area contributed by atoms with E-state index in [0.29, 0.717) is 0 Å². The first-order valence-corrected chi connectivity index (χ1v) is 5.49. The zero-order chi connectivity index (χ0) is 12.7. The molecule has 0 fully saturated rings. The van der Waals surface area contributed by atoms with E-state index in [4.69, 9.17) is 5.73 Å². The summed E-state index contributed by atoms with van der Waals surface area (Å²) in [5.41, 5.74) is 6.33. The van der Waals surface area contributed by atoms with Crippen LogP contribution in [0.4, 0.5) is 5.69 Å². The molecule has 4 N–H and O–H groups in total. The average molecular weight is 234 g/mol. The lowest BCUT2D eigenvalue weighted by Crippen LogP contribution is -2.37. The van der Waals surface area contributed by atoms with Gasteiger partial charge in [-0.1, -0.05) is 18.2 Å². The molecule has 0 saturated heterocycles. The molecule has 0 aliphatic heterocycles. The molecule has 0 unspecified atom stereocenters. The highest BCUT2D eigenvalue weighted by Gasteiger charge is 2.01. The first-order valence-electron chi connectivity index (χ1n) is 5.49. The van der Waals surface area contributed by atoms with Crippen LogP contribution in [0.3, 0.4) is 0 Å². The molecule has 0 aliphatic carbocycles. The van der Waals surface area contributed by atoms with Gasteiger partial charge in [-0.2, -0.15) is 0 Å². The number of hydrogen-bond acceptors (Lipinski definition) is 2. The minimum Gasteiger partial charge on any atom is -0.370 e. The van der Waals surface area contributed by atoms with Crippen molar-refractivity contribution in [2.45, 2.75) is 19.9 Å². The second-order valence-electron chi connectivity index (χ2n) is 3.91. The fraction of sp³-hybridized carbons (Fsp3) is 0.333. The number of benzene rings is 1. The van der Waals surface area contributed by atoms with Crippen LogP contribution in [0, 0.1) is 0 Å². The van der Waals surface area contributed by atoms with Crippen LogP contribution in [-0.4, -0.2) is 24.5 Å². The van der Waals surface area contributed by atoms with Crippen LogP contribution in [0.25, 0.3) is 0 Å². The summed E-state index contributed by atoms with van der Waals surface area (Å²) in [6.07, 6.45) is 0. The number of carbonyl (C=O) groups excluding carboxylic acids is 1. The third kappa shape index (κ3) is 5.55. The molecular weight excluding hydrogens is 216 g/mol. The van der Waals surface area contributed by atoms with Crippen LogP contribution in [0.5, 0.6) is 0 Å². The molecule has 0 aromatic heterocycles. The van der Waals surface area contributed by atoms with Crippen molar-refractivity contribution in [1.29, 1.82) is 0 Å². The average Bonchev–Trinajstić information content (AvgIpc) is 2.27. The van der Waals surface area contributed by atoms with Gasteiger partial charge in [-0.15, -0.1) is 0 Å². The van der Waals surface area contributed by atoms with Crippen molar-refractivity contribution in [3.05, 3.63) is 30.3 Å². The summed E-state index contributed by atoms with van der Waals surface area (Å²) in [7, 11) is 0. The van der Waals surface area contributed by atoms with E-state index in [1.54, 1.807) is 0 Å². The van der Waals surface area contributed by atoms with Gasteiger partial charge in [0.15, 0.2) is 5.96 Å². The molecule has 17 heavy (non-hydrogen) atoms. The number of carbonyl (C=O) groups is 1. The van der Waals surface area contributed by atoms with Crippen LogP contribution in [0.2, 0.25) is 0 Å². The van der Waals surface area contributed by atoms with Crippen molar-refractivity contribution >= 4 is 17.6 Å². The van der Waals surface area contributed by atoms with Crippen LogP contribution in [0.15, 0.2) is 35.3 Å². The van der Waals surface area contributed by atoms with Gasteiger partial charge in [0.25, 0.3) is 0 Å². The topological polar surface area (TPSA) is 79.5 Å². The number of nitrogens with one attached hydrogen (secondary N) is 2. The lowest BCUT2D eigenvalue weighted by Gasteiger charge is -2.08. The highest BCUT2D eigenvalue weighted by Crippen LogP contribution is 2.04. The smallest absolute Gasteiger partial charge is 0.246 e. The van der Waals surface area contributed by atoms with Gasteiger partial charge < -0.3 is 16.4 Å². The molecule has 0 saturated carbocycles. The molecule has 0 bridgehead atoms. The number of aliphatic imine (C=N–C) groups is 1. The van der Waals surface area contributed by atoms with E-state index in [1.807, 2.05) is 44.2 Å². The Hall–Kier alpha value is -2.04. The number of rotatable bonds is 4. The summed E-state index contributed by atoms with van der Waals surface area (Å²) in [6.45, 7) is 3.92. The number of amides is 1. The van der Waals surface area contributed by atoms with E-state index >= 15 is 0 Å². The largest absolute Gasteiger partial charge is 0.370 e. The summed E-state index contributed by atoms with van der Waals surface area (Å²) in [5.74, 6) is 0.0907. The minimum atomic E-state index is -0.190. The van der Waals surface area contributed by atoms with Gasteiger partial charge in [-0.05, 0) is 26.0 Å². The van der Waals surface area contributed by atoms with E-state index < -0.39 is 0 Å². The first kappa shape index (κ1) is 13.0. The van der Waals surface area contributed by atoms with Gasteiger partial charge in [0.05, 0.1) is 0 Å². The van der Waals surface area contributed by atoms with Crippen LogP contribution < -0.4 is 16.4 Å².